The number of nitrogens with one attached hydrogen (secondary N) is 1. The van der Waals surface area contributed by atoms with Crippen LogP contribution in [0.5, 0.6) is 0 Å². The fourth-order valence-corrected chi connectivity index (χ4v) is 2.78. The summed E-state index contributed by atoms with van der Waals surface area (Å²) >= 11 is 0. The molecule has 23 heavy (non-hydrogen) atoms. The molecule has 0 saturated carbocycles. The first-order chi connectivity index (χ1) is 11.0. The Hall–Kier alpha value is -3.15. The Morgan fingerprint density at radius 2 is 2.00 bits per heavy atom. The van der Waals surface area contributed by atoms with Crippen molar-refractivity contribution in [2.75, 3.05) is 0 Å². The number of hydrogen-bond donors (Lipinski definition) is 2. The third-order valence-corrected chi connectivity index (χ3v) is 4.19. The molecular formula is C17H13N3O3. The minimum absolute atomic E-state index is 0.301. The topological polar surface area (TPSA) is 87.5 Å². The van der Waals surface area contributed by atoms with E-state index in [1.807, 2.05) is 24.3 Å². The van der Waals surface area contributed by atoms with Gasteiger partial charge in [0.1, 0.15) is 5.41 Å². The van der Waals surface area contributed by atoms with Crippen LogP contribution in [0.25, 0.3) is 28.7 Å². The number of aromatic nitrogens is 3. The summed E-state index contributed by atoms with van der Waals surface area (Å²) in [5.74, 6) is -0.955. The van der Waals surface area contributed by atoms with E-state index in [1.54, 1.807) is 31.2 Å². The lowest BCUT2D eigenvalue weighted by Gasteiger charge is -2.13. The second-order valence-electron chi connectivity index (χ2n) is 5.77. The van der Waals surface area contributed by atoms with Gasteiger partial charge in [-0.1, -0.05) is 24.3 Å². The van der Waals surface area contributed by atoms with Gasteiger partial charge in [0.2, 0.25) is 0 Å². The molecule has 2 N–H and O–H groups in total. The number of H-pyrrole nitrogens is 1. The van der Waals surface area contributed by atoms with Crippen LogP contribution in [0.2, 0.25) is 0 Å². The lowest BCUT2D eigenvalue weighted by Crippen LogP contribution is -2.22. The van der Waals surface area contributed by atoms with Gasteiger partial charge in [-0.05, 0) is 31.2 Å². The zero-order valence-electron chi connectivity index (χ0n) is 12.3. The van der Waals surface area contributed by atoms with Gasteiger partial charge in [-0.25, -0.2) is 14.2 Å². The number of carboxylic acids is 1. The number of carbonyl (C=O) groups is 1. The predicted octanol–water partition coefficient (Wildman–Crippen LogP) is 2.31. The highest BCUT2D eigenvalue weighted by atomic mass is 16.4. The van der Waals surface area contributed by atoms with Crippen LogP contribution < -0.4 is 5.69 Å². The van der Waals surface area contributed by atoms with Gasteiger partial charge in [0, 0.05) is 5.39 Å². The molecule has 3 aromatic rings. The summed E-state index contributed by atoms with van der Waals surface area (Å²) in [5.41, 5.74) is 1.01. The molecule has 0 bridgehead atoms. The molecule has 1 aliphatic carbocycles. The van der Waals surface area contributed by atoms with Crippen molar-refractivity contribution in [3.8, 4) is 0 Å². The maximum absolute atomic E-state index is 12.4. The lowest BCUT2D eigenvalue weighted by atomic mass is 9.90. The SMILES string of the molecule is CC1(C(=O)O)C=Cc2nc3c4ccccc4[nH]c(=O)n3c2C=C1. The highest BCUT2D eigenvalue weighted by molar-refractivity contribution is 5.93. The predicted molar refractivity (Wildman–Crippen MR) is 87.1 cm³/mol. The van der Waals surface area contributed by atoms with Crippen molar-refractivity contribution in [2.45, 2.75) is 6.92 Å². The van der Waals surface area contributed by atoms with Crippen LogP contribution >= 0.6 is 0 Å². The summed E-state index contributed by atoms with van der Waals surface area (Å²) in [6.07, 6.45) is 6.46. The standard InChI is InChI=1S/C17H13N3O3/c1-17(15(21)22)8-6-12-13(7-9-17)20-14(18-12)10-4-2-3-5-11(10)19-16(20)23/h2-9H,1H3,(H,19,23)(H,21,22). The second kappa shape index (κ2) is 4.42. The summed E-state index contributed by atoms with van der Waals surface area (Å²) in [6, 6.07) is 7.44. The average Bonchev–Trinajstić information content (AvgIpc) is 2.82. The zero-order valence-corrected chi connectivity index (χ0v) is 12.3. The molecule has 0 amide bonds. The minimum Gasteiger partial charge on any atom is -0.480 e. The number of imidazole rings is 1. The summed E-state index contributed by atoms with van der Waals surface area (Å²) in [5, 5.41) is 10.2. The van der Waals surface area contributed by atoms with Crippen molar-refractivity contribution in [1.82, 2.24) is 14.4 Å². The first-order valence-corrected chi connectivity index (χ1v) is 7.15. The molecule has 0 saturated heterocycles. The molecule has 114 valence electrons. The number of rotatable bonds is 1. The molecule has 0 aliphatic heterocycles. The van der Waals surface area contributed by atoms with Crippen LogP contribution in [-0.4, -0.2) is 25.4 Å². The Balaban J connectivity index is 2.08. The minimum atomic E-state index is -1.12. The third-order valence-electron chi connectivity index (χ3n) is 4.19. The van der Waals surface area contributed by atoms with Crippen molar-refractivity contribution in [2.24, 2.45) is 5.41 Å². The Labute approximate surface area is 130 Å². The fraction of sp³-hybridized carbons (Fsp3) is 0.118. The monoisotopic (exact) mass is 307 g/mol. The van der Waals surface area contributed by atoms with Crippen molar-refractivity contribution in [1.29, 1.82) is 0 Å². The third kappa shape index (κ3) is 1.85. The normalized spacial score (nSPS) is 19.9. The van der Waals surface area contributed by atoms with Crippen molar-refractivity contribution in [3.63, 3.8) is 0 Å². The van der Waals surface area contributed by atoms with E-state index < -0.39 is 11.4 Å². The van der Waals surface area contributed by atoms with Gasteiger partial charge in [0.25, 0.3) is 0 Å². The van der Waals surface area contributed by atoms with Crippen LogP contribution in [0.4, 0.5) is 0 Å². The number of para-hydroxylation sites is 1. The Bertz CT molecular complexity index is 1090. The maximum atomic E-state index is 12.4. The highest BCUT2D eigenvalue weighted by Gasteiger charge is 2.29. The molecule has 0 radical (unpaired) electrons. The van der Waals surface area contributed by atoms with Crippen molar-refractivity contribution in [3.05, 3.63) is 58.3 Å². The van der Waals surface area contributed by atoms with E-state index in [1.165, 1.54) is 4.40 Å². The maximum Gasteiger partial charge on any atom is 0.332 e. The first kappa shape index (κ1) is 13.5. The van der Waals surface area contributed by atoms with E-state index in [2.05, 4.69) is 9.97 Å². The van der Waals surface area contributed by atoms with Gasteiger partial charge in [-0.2, -0.15) is 0 Å². The molecule has 4 rings (SSSR count). The van der Waals surface area contributed by atoms with Gasteiger partial charge >= 0.3 is 11.7 Å². The van der Waals surface area contributed by atoms with Gasteiger partial charge < -0.3 is 10.1 Å². The van der Waals surface area contributed by atoms with Crippen LogP contribution in [0.3, 0.4) is 0 Å². The van der Waals surface area contributed by atoms with Gasteiger partial charge in [-0.3, -0.25) is 4.79 Å². The highest BCUT2D eigenvalue weighted by Crippen LogP contribution is 2.29. The Morgan fingerprint density at radius 1 is 1.26 bits per heavy atom. The Morgan fingerprint density at radius 3 is 2.78 bits per heavy atom. The fourth-order valence-electron chi connectivity index (χ4n) is 2.78. The molecule has 2 aromatic heterocycles. The van der Waals surface area contributed by atoms with E-state index in [9.17, 15) is 14.7 Å². The number of carboxylic acid groups (broad SMARTS) is 1. The van der Waals surface area contributed by atoms with Crippen molar-refractivity contribution < 1.29 is 9.90 Å². The summed E-state index contributed by atoms with van der Waals surface area (Å²) in [7, 11) is 0. The smallest absolute Gasteiger partial charge is 0.332 e. The van der Waals surface area contributed by atoms with Gasteiger partial charge in [-0.15, -0.1) is 0 Å². The van der Waals surface area contributed by atoms with Crippen LogP contribution in [0.15, 0.2) is 41.2 Å². The van der Waals surface area contributed by atoms with Crippen LogP contribution in [-0.2, 0) is 4.79 Å². The van der Waals surface area contributed by atoms with E-state index in [4.69, 9.17) is 0 Å². The van der Waals surface area contributed by atoms with E-state index in [0.717, 1.165) is 5.39 Å². The average molecular weight is 307 g/mol. The van der Waals surface area contributed by atoms with Gasteiger partial charge in [0.05, 0.1) is 16.9 Å². The number of nitrogens with zero attached hydrogens (tertiary/aromatic N) is 2. The largest absolute Gasteiger partial charge is 0.480 e. The number of hydrogen-bond acceptors (Lipinski definition) is 3. The van der Waals surface area contributed by atoms with E-state index in [-0.39, 0.29) is 5.69 Å². The quantitative estimate of drug-likeness (QED) is 0.722. The van der Waals surface area contributed by atoms with Gasteiger partial charge in [0.15, 0.2) is 5.65 Å². The lowest BCUT2D eigenvalue weighted by molar-refractivity contribution is -0.142. The molecule has 0 fully saturated rings. The van der Waals surface area contributed by atoms with Crippen LogP contribution in [0, 0.1) is 5.41 Å². The number of benzene rings is 1. The Kier molecular flexibility index (Phi) is 2.60. The summed E-state index contributed by atoms with van der Waals surface area (Å²) < 4.78 is 1.48. The molecule has 6 nitrogen and oxygen atoms in total. The molecule has 2 heterocycles. The van der Waals surface area contributed by atoms with Crippen molar-refractivity contribution >= 4 is 34.7 Å². The number of aliphatic carboxylic acids is 1. The number of aromatic amines is 1. The first-order valence-electron chi connectivity index (χ1n) is 7.15. The molecule has 6 heteroatoms. The number of fused-ring (bicyclic) bond motifs is 5. The van der Waals surface area contributed by atoms with E-state index >= 15 is 0 Å². The summed E-state index contributed by atoms with van der Waals surface area (Å²) in [6.45, 7) is 1.60. The summed E-state index contributed by atoms with van der Waals surface area (Å²) in [4.78, 5) is 31.2. The molecule has 0 spiro atoms. The van der Waals surface area contributed by atoms with E-state index in [0.29, 0.717) is 22.6 Å². The van der Waals surface area contributed by atoms with Crippen LogP contribution in [0.1, 0.15) is 18.3 Å². The molecule has 1 aromatic carbocycles. The molecule has 1 unspecified atom stereocenters. The second-order valence-corrected chi connectivity index (χ2v) is 5.77. The molecule has 1 aliphatic rings. The zero-order chi connectivity index (χ0) is 16.2. The molecule has 1 atom stereocenters. The molecular weight excluding hydrogens is 294 g/mol.